The van der Waals surface area contributed by atoms with Crippen LogP contribution in [-0.2, 0) is 0 Å². The second-order valence-corrected chi connectivity index (χ2v) is 6.98. The molecular weight excluding hydrogens is 398 g/mol. The molecule has 1 aliphatic heterocycles. The molecule has 1 amide bonds. The monoisotopic (exact) mass is 423 g/mol. The molecule has 0 saturated heterocycles. The van der Waals surface area contributed by atoms with Crippen LogP contribution in [0, 0.1) is 0 Å². The zero-order valence-electron chi connectivity index (χ0n) is 18.1. The van der Waals surface area contributed by atoms with Gasteiger partial charge in [0.1, 0.15) is 5.75 Å². The molecule has 3 aromatic carbocycles. The van der Waals surface area contributed by atoms with Crippen LogP contribution >= 0.6 is 0 Å². The Morgan fingerprint density at radius 2 is 1.65 bits per heavy atom. The van der Waals surface area contributed by atoms with Crippen molar-refractivity contribution in [1.29, 1.82) is 0 Å². The lowest BCUT2D eigenvalue weighted by atomic mass is 9.98. The largest absolute Gasteiger partial charge is 0.493 e. The summed E-state index contributed by atoms with van der Waals surface area (Å²) in [6, 6.07) is 13.2. The highest BCUT2D eigenvalue weighted by atomic mass is 16.7. The number of hydrogen-bond acceptors (Lipinski definition) is 6. The molecule has 0 unspecified atom stereocenters. The van der Waals surface area contributed by atoms with Gasteiger partial charge in [-0.05, 0) is 55.1 Å². The predicted molar refractivity (Wildman–Crippen MR) is 118 cm³/mol. The number of fused-ring (bicyclic) bond motifs is 2. The molecule has 0 fully saturated rings. The van der Waals surface area contributed by atoms with Crippen LogP contribution in [0.15, 0.2) is 42.5 Å². The average molecular weight is 423 g/mol. The molecule has 7 nitrogen and oxygen atoms in total. The van der Waals surface area contributed by atoms with Gasteiger partial charge in [0.05, 0.1) is 14.2 Å². The number of methoxy groups -OCH3 is 2. The van der Waals surface area contributed by atoms with Gasteiger partial charge >= 0.3 is 6.09 Å². The first-order chi connectivity index (χ1) is 15.1. The molecule has 7 heteroatoms. The molecule has 0 bridgehead atoms. The number of hydrogen-bond donors (Lipinski definition) is 0. The third-order valence-electron chi connectivity index (χ3n) is 5.37. The number of rotatable bonds is 6. The Kier molecular flexibility index (Phi) is 5.75. The molecule has 0 N–H and O–H groups in total. The number of ether oxygens (including phenoxy) is 5. The maximum atomic E-state index is 12.9. The van der Waals surface area contributed by atoms with E-state index in [1.807, 2.05) is 56.3 Å². The summed E-state index contributed by atoms with van der Waals surface area (Å²) in [7, 11) is 3.18. The Bertz CT molecular complexity index is 1120. The Balaban J connectivity index is 1.90. The number of nitrogens with zero attached hydrogens (tertiary/aromatic N) is 1. The van der Waals surface area contributed by atoms with Crippen LogP contribution in [0.3, 0.4) is 0 Å². The molecule has 3 aromatic rings. The highest BCUT2D eigenvalue weighted by Crippen LogP contribution is 2.44. The van der Waals surface area contributed by atoms with E-state index in [1.54, 1.807) is 19.1 Å². The van der Waals surface area contributed by atoms with Crippen molar-refractivity contribution in [2.24, 2.45) is 0 Å². The molecule has 0 aliphatic carbocycles. The van der Waals surface area contributed by atoms with Crippen molar-refractivity contribution in [3.05, 3.63) is 42.5 Å². The Morgan fingerprint density at radius 3 is 2.32 bits per heavy atom. The minimum Gasteiger partial charge on any atom is -0.493 e. The van der Waals surface area contributed by atoms with E-state index in [-0.39, 0.29) is 6.79 Å². The van der Waals surface area contributed by atoms with Crippen molar-refractivity contribution in [3.63, 3.8) is 0 Å². The molecule has 0 aromatic heterocycles. The van der Waals surface area contributed by atoms with Gasteiger partial charge in [-0.15, -0.1) is 0 Å². The minimum absolute atomic E-state index is 0.169. The molecule has 0 atom stereocenters. The van der Waals surface area contributed by atoms with Crippen LogP contribution in [0.2, 0.25) is 0 Å². The van der Waals surface area contributed by atoms with Gasteiger partial charge < -0.3 is 28.6 Å². The lowest BCUT2D eigenvalue weighted by Crippen LogP contribution is -2.33. The van der Waals surface area contributed by atoms with E-state index < -0.39 is 6.09 Å². The summed E-state index contributed by atoms with van der Waals surface area (Å²) in [5.41, 5.74) is 1.59. The zero-order chi connectivity index (χ0) is 22.0. The van der Waals surface area contributed by atoms with Gasteiger partial charge in [-0.1, -0.05) is 12.1 Å². The fourth-order valence-corrected chi connectivity index (χ4v) is 3.66. The Labute approximate surface area is 181 Å². The van der Waals surface area contributed by atoms with Gasteiger partial charge in [-0.3, -0.25) is 0 Å². The van der Waals surface area contributed by atoms with Crippen LogP contribution in [0.25, 0.3) is 21.9 Å². The molecule has 1 heterocycles. The van der Waals surface area contributed by atoms with Crippen LogP contribution in [-0.4, -0.2) is 45.1 Å². The van der Waals surface area contributed by atoms with Gasteiger partial charge in [-0.25, -0.2) is 4.79 Å². The normalized spacial score (nSPS) is 12.0. The summed E-state index contributed by atoms with van der Waals surface area (Å²) in [5.74, 6) is 2.97. The lowest BCUT2D eigenvalue weighted by Gasteiger charge is -2.21. The molecule has 4 rings (SSSR count). The first-order valence-corrected chi connectivity index (χ1v) is 10.1. The van der Waals surface area contributed by atoms with Gasteiger partial charge in [-0.2, -0.15) is 0 Å². The van der Waals surface area contributed by atoms with E-state index in [9.17, 15) is 4.79 Å². The van der Waals surface area contributed by atoms with E-state index >= 15 is 0 Å². The first kappa shape index (κ1) is 20.7. The third kappa shape index (κ3) is 3.79. The van der Waals surface area contributed by atoms with Gasteiger partial charge in [0.25, 0.3) is 0 Å². The van der Waals surface area contributed by atoms with E-state index in [0.717, 1.165) is 21.9 Å². The quantitative estimate of drug-likeness (QED) is 0.550. The molecule has 0 radical (unpaired) electrons. The first-order valence-electron chi connectivity index (χ1n) is 10.1. The zero-order valence-corrected chi connectivity index (χ0v) is 18.1. The molecule has 162 valence electrons. The van der Waals surface area contributed by atoms with Crippen LogP contribution in [0.4, 0.5) is 4.79 Å². The third-order valence-corrected chi connectivity index (χ3v) is 5.37. The number of amides is 1. The second kappa shape index (κ2) is 8.63. The van der Waals surface area contributed by atoms with E-state index in [2.05, 4.69) is 0 Å². The van der Waals surface area contributed by atoms with Crippen LogP contribution in [0.5, 0.6) is 28.7 Å². The topological polar surface area (TPSA) is 66.5 Å². The smallest absolute Gasteiger partial charge is 0.415 e. The van der Waals surface area contributed by atoms with E-state index in [0.29, 0.717) is 41.8 Å². The second-order valence-electron chi connectivity index (χ2n) is 6.98. The van der Waals surface area contributed by atoms with Crippen LogP contribution < -0.4 is 23.7 Å². The number of carbonyl (C=O) groups excluding carboxylic acids is 1. The van der Waals surface area contributed by atoms with Crippen molar-refractivity contribution >= 4 is 16.9 Å². The fraction of sp³-hybridized carbons (Fsp3) is 0.292. The van der Waals surface area contributed by atoms with Crippen LogP contribution in [0.1, 0.15) is 13.8 Å². The van der Waals surface area contributed by atoms with Crippen molar-refractivity contribution < 1.29 is 28.5 Å². The summed E-state index contributed by atoms with van der Waals surface area (Å²) < 4.78 is 27.8. The van der Waals surface area contributed by atoms with E-state index in [4.69, 9.17) is 23.7 Å². The number of benzene rings is 3. The van der Waals surface area contributed by atoms with E-state index in [1.165, 1.54) is 0 Å². The predicted octanol–water partition coefficient (Wildman–Crippen LogP) is 5.09. The Morgan fingerprint density at radius 1 is 0.935 bits per heavy atom. The summed E-state index contributed by atoms with van der Waals surface area (Å²) >= 11 is 0. The molecule has 0 spiro atoms. The van der Waals surface area contributed by atoms with Crippen molar-refractivity contribution in [1.82, 2.24) is 4.90 Å². The fourth-order valence-electron chi connectivity index (χ4n) is 3.66. The molecule has 1 aliphatic rings. The molecule has 31 heavy (non-hydrogen) atoms. The summed E-state index contributed by atoms with van der Waals surface area (Å²) in [4.78, 5) is 14.5. The summed E-state index contributed by atoms with van der Waals surface area (Å²) in [6.07, 6.45) is -0.406. The van der Waals surface area contributed by atoms with Gasteiger partial charge in [0.2, 0.25) is 6.79 Å². The van der Waals surface area contributed by atoms with Crippen molar-refractivity contribution in [3.8, 4) is 39.9 Å². The minimum atomic E-state index is -0.406. The molecule has 0 saturated carbocycles. The standard InChI is InChI=1S/C24H25NO6/c1-5-25(6-2)24(26)31-23-17(15-8-10-19(27-3)20(11-15)28-4)9-7-16-12-21-22(13-18(16)23)30-14-29-21/h7-13H,5-6,14H2,1-4H3. The van der Waals surface area contributed by atoms with Crippen molar-refractivity contribution in [2.45, 2.75) is 13.8 Å². The molecular formula is C24H25NO6. The lowest BCUT2D eigenvalue weighted by molar-refractivity contribution is 0.158. The highest BCUT2D eigenvalue weighted by Gasteiger charge is 2.22. The summed E-state index contributed by atoms with van der Waals surface area (Å²) in [6.45, 7) is 5.11. The number of carbonyl (C=O) groups is 1. The highest BCUT2D eigenvalue weighted by molar-refractivity contribution is 5.99. The summed E-state index contributed by atoms with van der Waals surface area (Å²) in [5, 5.41) is 1.65. The SMILES string of the molecule is CCN(CC)C(=O)Oc1c(-c2ccc(OC)c(OC)c2)ccc2cc3c(cc12)OCO3. The van der Waals surface area contributed by atoms with Gasteiger partial charge in [0.15, 0.2) is 23.0 Å². The Hall–Kier alpha value is -3.61. The maximum Gasteiger partial charge on any atom is 0.415 e. The van der Waals surface area contributed by atoms with Crippen molar-refractivity contribution in [2.75, 3.05) is 34.1 Å². The maximum absolute atomic E-state index is 12.9. The average Bonchev–Trinajstić information content (AvgIpc) is 3.25. The van der Waals surface area contributed by atoms with Gasteiger partial charge in [0, 0.05) is 24.0 Å².